The zero-order valence-corrected chi connectivity index (χ0v) is 7.99. The molecule has 2 N–H and O–H groups in total. The zero-order chi connectivity index (χ0) is 10.6. The molecule has 0 saturated carbocycles. The van der Waals surface area contributed by atoms with Crippen LogP contribution in [0.1, 0.15) is 0 Å². The standard InChI is InChI=1S/C5H9N4O4P/c10-8-5(2-14(11,12)13)1-9-4-6-3-7-9/h3-5H,1-2H2,(H2,11,12,13). The van der Waals surface area contributed by atoms with Crippen LogP contribution in [-0.2, 0) is 11.1 Å². The van der Waals surface area contributed by atoms with Gasteiger partial charge in [-0.3, -0.25) is 9.25 Å². The van der Waals surface area contributed by atoms with Crippen LogP contribution in [-0.4, -0.2) is 36.8 Å². The molecule has 1 aromatic heterocycles. The van der Waals surface area contributed by atoms with Crippen LogP contribution in [0.2, 0.25) is 0 Å². The third-order valence-corrected chi connectivity index (χ3v) is 2.36. The summed E-state index contributed by atoms with van der Waals surface area (Å²) in [7, 11) is -4.21. The average Bonchev–Trinajstić information content (AvgIpc) is 2.53. The van der Waals surface area contributed by atoms with Crippen LogP contribution in [0.15, 0.2) is 17.8 Å². The molecule has 0 aliphatic carbocycles. The van der Waals surface area contributed by atoms with Gasteiger partial charge in [0.2, 0.25) is 0 Å². The molecule has 0 bridgehead atoms. The van der Waals surface area contributed by atoms with Crippen molar-refractivity contribution in [1.82, 2.24) is 14.8 Å². The first-order valence-electron chi connectivity index (χ1n) is 3.71. The van der Waals surface area contributed by atoms with E-state index in [4.69, 9.17) is 9.79 Å². The van der Waals surface area contributed by atoms with Crippen LogP contribution >= 0.6 is 7.60 Å². The summed E-state index contributed by atoms with van der Waals surface area (Å²) >= 11 is 0. The third-order valence-electron chi connectivity index (χ3n) is 1.46. The van der Waals surface area contributed by atoms with Gasteiger partial charge in [0.1, 0.15) is 18.7 Å². The maximum absolute atomic E-state index is 10.6. The number of hydrogen-bond donors (Lipinski definition) is 2. The van der Waals surface area contributed by atoms with Gasteiger partial charge in [-0.25, -0.2) is 4.98 Å². The Kier molecular flexibility index (Phi) is 3.45. The molecule has 78 valence electrons. The Hall–Kier alpha value is -1.11. The van der Waals surface area contributed by atoms with Crippen LogP contribution in [0, 0.1) is 4.91 Å². The number of nitroso groups, excluding NO2 is 1. The molecular formula is C5H9N4O4P. The predicted octanol–water partition coefficient (Wildman–Crippen LogP) is -0.409. The van der Waals surface area contributed by atoms with E-state index in [1.54, 1.807) is 0 Å². The Morgan fingerprint density at radius 3 is 2.71 bits per heavy atom. The fourth-order valence-corrected chi connectivity index (χ4v) is 1.67. The molecular weight excluding hydrogens is 211 g/mol. The summed E-state index contributed by atoms with van der Waals surface area (Å²) in [4.78, 5) is 31.1. The van der Waals surface area contributed by atoms with Crippen LogP contribution in [0.3, 0.4) is 0 Å². The van der Waals surface area contributed by atoms with Gasteiger partial charge in [-0.1, -0.05) is 5.18 Å². The van der Waals surface area contributed by atoms with Crippen LogP contribution in [0.4, 0.5) is 0 Å². The smallest absolute Gasteiger partial charge is 0.324 e. The van der Waals surface area contributed by atoms with Crippen molar-refractivity contribution in [1.29, 1.82) is 0 Å². The van der Waals surface area contributed by atoms with Crippen molar-refractivity contribution in [2.45, 2.75) is 12.6 Å². The highest BCUT2D eigenvalue weighted by atomic mass is 31.2. The van der Waals surface area contributed by atoms with E-state index in [0.717, 1.165) is 0 Å². The lowest BCUT2D eigenvalue weighted by Gasteiger charge is -2.09. The van der Waals surface area contributed by atoms with Crippen molar-refractivity contribution in [3.63, 3.8) is 0 Å². The van der Waals surface area contributed by atoms with E-state index in [1.807, 2.05) is 0 Å². The van der Waals surface area contributed by atoms with Crippen molar-refractivity contribution in [3.05, 3.63) is 17.6 Å². The minimum absolute atomic E-state index is 0.0224. The maximum Gasteiger partial charge on any atom is 0.327 e. The molecule has 9 heteroatoms. The summed E-state index contributed by atoms with van der Waals surface area (Å²) in [5.74, 6) is 0. The lowest BCUT2D eigenvalue weighted by Crippen LogP contribution is -2.18. The largest absolute Gasteiger partial charge is 0.327 e. The molecule has 0 aromatic carbocycles. The molecule has 8 nitrogen and oxygen atoms in total. The fourth-order valence-electron chi connectivity index (χ4n) is 0.942. The normalized spacial score (nSPS) is 13.9. The van der Waals surface area contributed by atoms with Gasteiger partial charge in [-0.05, 0) is 0 Å². The highest BCUT2D eigenvalue weighted by Crippen LogP contribution is 2.35. The molecule has 1 rings (SSSR count). The van der Waals surface area contributed by atoms with Gasteiger partial charge < -0.3 is 9.79 Å². The summed E-state index contributed by atoms with van der Waals surface area (Å²) in [5.41, 5.74) is 0. The molecule has 0 saturated heterocycles. The lowest BCUT2D eigenvalue weighted by atomic mass is 10.4. The second-order valence-corrected chi connectivity index (χ2v) is 4.42. The summed E-state index contributed by atoms with van der Waals surface area (Å²) < 4.78 is 11.9. The summed E-state index contributed by atoms with van der Waals surface area (Å²) in [6, 6.07) is -0.988. The molecule has 1 aromatic rings. The molecule has 14 heavy (non-hydrogen) atoms. The third kappa shape index (κ3) is 3.73. The summed E-state index contributed by atoms with van der Waals surface area (Å²) in [6.45, 7) is 0.0224. The molecule has 1 heterocycles. The Balaban J connectivity index is 2.56. The van der Waals surface area contributed by atoms with Gasteiger partial charge in [-0.15, -0.1) is 0 Å². The van der Waals surface area contributed by atoms with E-state index >= 15 is 0 Å². The van der Waals surface area contributed by atoms with Crippen molar-refractivity contribution in [2.75, 3.05) is 6.16 Å². The molecule has 1 atom stereocenters. The maximum atomic E-state index is 10.6. The van der Waals surface area contributed by atoms with Crippen molar-refractivity contribution < 1.29 is 14.4 Å². The number of rotatable bonds is 5. The van der Waals surface area contributed by atoms with Gasteiger partial charge in [-0.2, -0.15) is 10.0 Å². The quantitative estimate of drug-likeness (QED) is 0.514. The Morgan fingerprint density at radius 2 is 2.29 bits per heavy atom. The van der Waals surface area contributed by atoms with Gasteiger partial charge in [0.15, 0.2) is 0 Å². The van der Waals surface area contributed by atoms with Crippen molar-refractivity contribution in [2.24, 2.45) is 5.18 Å². The van der Waals surface area contributed by atoms with Crippen molar-refractivity contribution in [3.8, 4) is 0 Å². The highest BCUT2D eigenvalue weighted by molar-refractivity contribution is 7.51. The summed E-state index contributed by atoms with van der Waals surface area (Å²) in [5, 5.41) is 6.31. The van der Waals surface area contributed by atoms with Crippen LogP contribution in [0.5, 0.6) is 0 Å². The molecule has 0 aliphatic rings. The molecule has 0 aliphatic heterocycles. The second kappa shape index (κ2) is 4.41. The molecule has 0 fully saturated rings. The number of aromatic nitrogens is 3. The lowest BCUT2D eigenvalue weighted by molar-refractivity contribution is 0.364. The van der Waals surface area contributed by atoms with Gasteiger partial charge in [0.05, 0.1) is 12.7 Å². The first-order valence-corrected chi connectivity index (χ1v) is 5.50. The second-order valence-electron chi connectivity index (χ2n) is 2.72. The van der Waals surface area contributed by atoms with Gasteiger partial charge in [0, 0.05) is 0 Å². The topological polar surface area (TPSA) is 118 Å². The zero-order valence-electron chi connectivity index (χ0n) is 7.09. The Bertz CT molecular complexity index is 334. The van der Waals surface area contributed by atoms with Gasteiger partial charge in [0.25, 0.3) is 0 Å². The van der Waals surface area contributed by atoms with E-state index in [0.29, 0.717) is 0 Å². The summed E-state index contributed by atoms with van der Waals surface area (Å²) in [6.07, 6.45) is 2.04. The van der Waals surface area contributed by atoms with Crippen molar-refractivity contribution >= 4 is 7.60 Å². The molecule has 0 amide bonds. The molecule has 0 radical (unpaired) electrons. The minimum Gasteiger partial charge on any atom is -0.324 e. The highest BCUT2D eigenvalue weighted by Gasteiger charge is 2.22. The molecule has 1 unspecified atom stereocenters. The first kappa shape index (κ1) is 11.0. The average molecular weight is 220 g/mol. The van der Waals surface area contributed by atoms with E-state index < -0.39 is 19.8 Å². The number of hydrogen-bond acceptors (Lipinski definition) is 5. The predicted molar refractivity (Wildman–Crippen MR) is 46.5 cm³/mol. The number of nitrogens with zero attached hydrogens (tertiary/aromatic N) is 4. The monoisotopic (exact) mass is 220 g/mol. The first-order chi connectivity index (χ1) is 6.51. The molecule has 0 spiro atoms. The van der Waals surface area contributed by atoms with E-state index in [2.05, 4.69) is 15.3 Å². The van der Waals surface area contributed by atoms with E-state index in [1.165, 1.54) is 17.3 Å². The SMILES string of the molecule is O=NC(Cn1cncn1)CP(=O)(O)O. The Morgan fingerprint density at radius 1 is 1.57 bits per heavy atom. The van der Waals surface area contributed by atoms with E-state index in [9.17, 15) is 9.47 Å². The van der Waals surface area contributed by atoms with Gasteiger partial charge >= 0.3 is 7.60 Å². The van der Waals surface area contributed by atoms with E-state index in [-0.39, 0.29) is 6.54 Å². The van der Waals surface area contributed by atoms with Crippen LogP contribution < -0.4 is 0 Å². The fraction of sp³-hybridized carbons (Fsp3) is 0.600. The van der Waals surface area contributed by atoms with Crippen LogP contribution in [0.25, 0.3) is 0 Å². The Labute approximate surface area is 79.1 Å². The minimum atomic E-state index is -4.21.